The molecule has 13 heavy (non-hydrogen) atoms. The Morgan fingerprint density at radius 2 is 2.23 bits per heavy atom. The third-order valence-corrected chi connectivity index (χ3v) is 1.92. The van der Waals surface area contributed by atoms with Gasteiger partial charge in [0.05, 0.1) is 11.6 Å². The summed E-state index contributed by atoms with van der Waals surface area (Å²) >= 11 is 5.81. The second-order valence-electron chi connectivity index (χ2n) is 2.51. The lowest BCUT2D eigenvalue weighted by Gasteiger charge is -2.07. The maximum absolute atomic E-state index is 13.1. The van der Waals surface area contributed by atoms with Crippen molar-refractivity contribution < 1.29 is 9.13 Å². The molecule has 0 fully saturated rings. The molecule has 2 N–H and O–H groups in total. The summed E-state index contributed by atoms with van der Waals surface area (Å²) in [4.78, 5) is 0. The number of benzene rings is 1. The molecule has 0 heterocycles. The van der Waals surface area contributed by atoms with Crippen LogP contribution < -0.4 is 10.5 Å². The van der Waals surface area contributed by atoms with Crippen molar-refractivity contribution in [3.05, 3.63) is 28.5 Å². The van der Waals surface area contributed by atoms with Gasteiger partial charge in [0.25, 0.3) is 0 Å². The van der Waals surface area contributed by atoms with E-state index in [0.29, 0.717) is 22.9 Å². The minimum Gasteiger partial charge on any atom is -0.492 e. The summed E-state index contributed by atoms with van der Waals surface area (Å²) in [5.41, 5.74) is 5.70. The molecule has 1 aromatic carbocycles. The quantitative estimate of drug-likeness (QED) is 0.819. The first-order valence-electron chi connectivity index (χ1n) is 3.99. The predicted molar refractivity (Wildman–Crippen MR) is 50.5 cm³/mol. The Kier molecular flexibility index (Phi) is 3.51. The number of nitrogens with two attached hydrogens (primary N) is 1. The van der Waals surface area contributed by atoms with Gasteiger partial charge < -0.3 is 10.5 Å². The third-order valence-electron chi connectivity index (χ3n) is 1.62. The predicted octanol–water partition coefficient (Wildman–Crippen LogP) is 2.34. The minimum atomic E-state index is -0.379. The molecule has 1 rings (SSSR count). The molecular weight excluding hydrogens is 193 g/mol. The van der Waals surface area contributed by atoms with E-state index < -0.39 is 0 Å². The van der Waals surface area contributed by atoms with Crippen molar-refractivity contribution >= 4 is 11.6 Å². The largest absolute Gasteiger partial charge is 0.492 e. The molecule has 0 aromatic heterocycles. The van der Waals surface area contributed by atoms with E-state index in [1.54, 1.807) is 0 Å². The molecule has 0 amide bonds. The highest BCUT2D eigenvalue weighted by atomic mass is 35.5. The van der Waals surface area contributed by atoms with Gasteiger partial charge in [-0.2, -0.15) is 0 Å². The monoisotopic (exact) mass is 203 g/mol. The van der Waals surface area contributed by atoms with E-state index in [2.05, 4.69) is 0 Å². The Balaban J connectivity index is 3.05. The summed E-state index contributed by atoms with van der Waals surface area (Å²) in [5.74, 6) is -0.0192. The summed E-state index contributed by atoms with van der Waals surface area (Å²) in [6, 6.07) is 2.75. The lowest BCUT2D eigenvalue weighted by molar-refractivity contribution is 0.338. The van der Waals surface area contributed by atoms with Gasteiger partial charge in [-0.25, -0.2) is 4.39 Å². The van der Waals surface area contributed by atoms with Crippen molar-refractivity contribution in [3.63, 3.8) is 0 Å². The van der Waals surface area contributed by atoms with E-state index in [-0.39, 0.29) is 12.4 Å². The fourth-order valence-electron chi connectivity index (χ4n) is 0.992. The minimum absolute atomic E-state index is 0.137. The molecule has 0 atom stereocenters. The van der Waals surface area contributed by atoms with Crippen LogP contribution in [0.3, 0.4) is 0 Å². The molecule has 0 spiro atoms. The highest BCUT2D eigenvalue weighted by molar-refractivity contribution is 6.32. The third kappa shape index (κ3) is 2.32. The Morgan fingerprint density at radius 1 is 1.54 bits per heavy atom. The van der Waals surface area contributed by atoms with Gasteiger partial charge in [-0.1, -0.05) is 11.6 Å². The smallest absolute Gasteiger partial charge is 0.140 e. The number of rotatable bonds is 3. The van der Waals surface area contributed by atoms with Crippen LogP contribution in [0.2, 0.25) is 5.02 Å². The zero-order valence-corrected chi connectivity index (χ0v) is 8.07. The average Bonchev–Trinajstić information content (AvgIpc) is 2.11. The SMILES string of the molecule is CCOc1cc(F)c(CN)cc1Cl. The van der Waals surface area contributed by atoms with Gasteiger partial charge in [0.2, 0.25) is 0 Å². The van der Waals surface area contributed by atoms with E-state index in [1.807, 2.05) is 6.92 Å². The van der Waals surface area contributed by atoms with Gasteiger partial charge in [0.1, 0.15) is 11.6 Å². The van der Waals surface area contributed by atoms with E-state index >= 15 is 0 Å². The van der Waals surface area contributed by atoms with Crippen LogP contribution in [0.15, 0.2) is 12.1 Å². The van der Waals surface area contributed by atoms with Crippen LogP contribution in [0.5, 0.6) is 5.75 Å². The zero-order valence-electron chi connectivity index (χ0n) is 7.31. The topological polar surface area (TPSA) is 35.2 Å². The maximum Gasteiger partial charge on any atom is 0.140 e. The molecule has 0 unspecified atom stereocenters. The lowest BCUT2D eigenvalue weighted by atomic mass is 10.2. The molecule has 0 saturated heterocycles. The van der Waals surface area contributed by atoms with Crippen LogP contribution in [0, 0.1) is 5.82 Å². The summed E-state index contributed by atoms with van der Waals surface area (Å²) in [6.07, 6.45) is 0. The molecule has 4 heteroatoms. The molecule has 0 aliphatic carbocycles. The normalized spacial score (nSPS) is 10.2. The summed E-state index contributed by atoms with van der Waals surface area (Å²) in [6.45, 7) is 2.41. The number of halogens is 2. The van der Waals surface area contributed by atoms with Crippen LogP contribution in [0.4, 0.5) is 4.39 Å². The van der Waals surface area contributed by atoms with E-state index in [1.165, 1.54) is 12.1 Å². The summed E-state index contributed by atoms with van der Waals surface area (Å²) in [5, 5.41) is 0.392. The Labute approximate surface area is 81.4 Å². The summed E-state index contributed by atoms with van der Waals surface area (Å²) < 4.78 is 18.2. The van der Waals surface area contributed by atoms with Crippen molar-refractivity contribution in [1.82, 2.24) is 0 Å². The van der Waals surface area contributed by atoms with Crippen LogP contribution >= 0.6 is 11.6 Å². The van der Waals surface area contributed by atoms with Gasteiger partial charge in [0, 0.05) is 18.2 Å². The van der Waals surface area contributed by atoms with E-state index in [0.717, 1.165) is 0 Å². The van der Waals surface area contributed by atoms with Crippen LogP contribution in [0.25, 0.3) is 0 Å². The molecule has 0 bridgehead atoms. The van der Waals surface area contributed by atoms with Crippen molar-refractivity contribution in [3.8, 4) is 5.75 Å². The van der Waals surface area contributed by atoms with Crippen LogP contribution in [0.1, 0.15) is 12.5 Å². The van der Waals surface area contributed by atoms with Crippen LogP contribution in [-0.4, -0.2) is 6.61 Å². The molecular formula is C9H11ClFNO. The molecule has 0 radical (unpaired) electrons. The number of ether oxygens (including phenoxy) is 1. The van der Waals surface area contributed by atoms with Crippen molar-refractivity contribution in [2.24, 2.45) is 5.73 Å². The fourth-order valence-corrected chi connectivity index (χ4v) is 1.23. The molecule has 0 aliphatic heterocycles. The van der Waals surface area contributed by atoms with Gasteiger partial charge in [-0.3, -0.25) is 0 Å². The zero-order chi connectivity index (χ0) is 9.84. The maximum atomic E-state index is 13.1. The number of hydrogen-bond acceptors (Lipinski definition) is 2. The van der Waals surface area contributed by atoms with E-state index in [4.69, 9.17) is 22.1 Å². The molecule has 2 nitrogen and oxygen atoms in total. The second-order valence-corrected chi connectivity index (χ2v) is 2.92. The Bertz CT molecular complexity index is 304. The lowest BCUT2D eigenvalue weighted by Crippen LogP contribution is -2.01. The first kappa shape index (κ1) is 10.3. The van der Waals surface area contributed by atoms with Crippen molar-refractivity contribution in [1.29, 1.82) is 0 Å². The number of hydrogen-bond donors (Lipinski definition) is 1. The van der Waals surface area contributed by atoms with Crippen molar-refractivity contribution in [2.45, 2.75) is 13.5 Å². The molecule has 72 valence electrons. The van der Waals surface area contributed by atoms with E-state index in [9.17, 15) is 4.39 Å². The first-order chi connectivity index (χ1) is 6.19. The fraction of sp³-hybridized carbons (Fsp3) is 0.333. The van der Waals surface area contributed by atoms with Gasteiger partial charge in [-0.15, -0.1) is 0 Å². The second kappa shape index (κ2) is 4.44. The highest BCUT2D eigenvalue weighted by Gasteiger charge is 2.07. The summed E-state index contributed by atoms with van der Waals surface area (Å²) in [7, 11) is 0. The molecule has 0 aliphatic rings. The highest BCUT2D eigenvalue weighted by Crippen LogP contribution is 2.27. The Morgan fingerprint density at radius 3 is 2.77 bits per heavy atom. The van der Waals surface area contributed by atoms with Gasteiger partial charge in [0.15, 0.2) is 0 Å². The average molecular weight is 204 g/mol. The Hall–Kier alpha value is -0.800. The molecule has 0 saturated carbocycles. The van der Waals surface area contributed by atoms with Crippen molar-refractivity contribution in [2.75, 3.05) is 6.61 Å². The van der Waals surface area contributed by atoms with Gasteiger partial charge >= 0.3 is 0 Å². The first-order valence-corrected chi connectivity index (χ1v) is 4.37. The van der Waals surface area contributed by atoms with Crippen LogP contribution in [-0.2, 0) is 6.54 Å². The van der Waals surface area contributed by atoms with Gasteiger partial charge in [-0.05, 0) is 13.0 Å². The molecule has 1 aromatic rings. The standard InChI is InChI=1S/C9H11ClFNO/c1-2-13-9-4-8(11)6(5-12)3-7(9)10/h3-4H,2,5,12H2,1H3.